The first-order chi connectivity index (χ1) is 14.4. The van der Waals surface area contributed by atoms with Crippen molar-refractivity contribution in [2.75, 3.05) is 0 Å². The van der Waals surface area contributed by atoms with Crippen LogP contribution in [0.1, 0.15) is 86.0 Å². The van der Waals surface area contributed by atoms with Gasteiger partial charge in [0.05, 0.1) is 6.10 Å². The lowest BCUT2D eigenvalue weighted by molar-refractivity contribution is -0.224. The van der Waals surface area contributed by atoms with Crippen LogP contribution in [0.25, 0.3) is 0 Å². The molecule has 0 aromatic rings. The van der Waals surface area contributed by atoms with Gasteiger partial charge in [-0.05, 0) is 87.4 Å². The number of ether oxygens (including phenoxy) is 2. The van der Waals surface area contributed by atoms with E-state index in [0.29, 0.717) is 30.6 Å². The van der Waals surface area contributed by atoms with Gasteiger partial charge < -0.3 is 19.7 Å². The monoisotopic (exact) mass is 436 g/mol. The Balaban J connectivity index is 1.59. The van der Waals surface area contributed by atoms with Crippen molar-refractivity contribution in [2.45, 2.75) is 110 Å². The molecule has 10 atom stereocenters. The highest BCUT2D eigenvalue weighted by molar-refractivity contribution is 5.66. The number of hydrogen-bond acceptors (Lipinski definition) is 6. The van der Waals surface area contributed by atoms with Crippen molar-refractivity contribution in [3.8, 4) is 0 Å². The molecular weight excluding hydrogens is 396 g/mol. The van der Waals surface area contributed by atoms with E-state index in [1.165, 1.54) is 13.8 Å². The first-order valence-corrected chi connectivity index (χ1v) is 12.2. The zero-order valence-corrected chi connectivity index (χ0v) is 19.7. The van der Waals surface area contributed by atoms with E-state index in [4.69, 9.17) is 9.47 Å². The summed E-state index contributed by atoms with van der Waals surface area (Å²) < 4.78 is 11.0. The molecule has 31 heavy (non-hydrogen) atoms. The molecule has 0 heterocycles. The molecule has 0 aromatic heterocycles. The van der Waals surface area contributed by atoms with Gasteiger partial charge >= 0.3 is 11.9 Å². The quantitative estimate of drug-likeness (QED) is 0.657. The number of aliphatic hydroxyl groups excluding tert-OH is 1. The summed E-state index contributed by atoms with van der Waals surface area (Å²) in [6.07, 6.45) is 5.80. The van der Waals surface area contributed by atoms with Crippen molar-refractivity contribution in [2.24, 2.45) is 34.5 Å². The van der Waals surface area contributed by atoms with Crippen molar-refractivity contribution < 1.29 is 29.3 Å². The zero-order chi connectivity index (χ0) is 22.8. The number of esters is 2. The molecule has 0 radical (unpaired) electrons. The molecule has 4 fully saturated rings. The summed E-state index contributed by atoms with van der Waals surface area (Å²) in [6, 6.07) is 0. The van der Waals surface area contributed by atoms with Crippen LogP contribution in [0.15, 0.2) is 0 Å². The molecule has 2 N–H and O–H groups in total. The highest BCUT2D eigenvalue weighted by Gasteiger charge is 2.68. The molecule has 0 aliphatic heterocycles. The van der Waals surface area contributed by atoms with Gasteiger partial charge in [0.25, 0.3) is 0 Å². The van der Waals surface area contributed by atoms with E-state index in [-0.39, 0.29) is 29.4 Å². The van der Waals surface area contributed by atoms with Gasteiger partial charge in [-0.15, -0.1) is 0 Å². The van der Waals surface area contributed by atoms with Crippen LogP contribution in [0.4, 0.5) is 0 Å². The van der Waals surface area contributed by atoms with Crippen molar-refractivity contribution in [1.82, 2.24) is 0 Å². The van der Waals surface area contributed by atoms with Gasteiger partial charge in [-0.2, -0.15) is 0 Å². The van der Waals surface area contributed by atoms with Crippen LogP contribution >= 0.6 is 0 Å². The number of rotatable bonds is 3. The zero-order valence-electron chi connectivity index (χ0n) is 19.7. The fourth-order valence-electron chi connectivity index (χ4n) is 8.74. The normalized spacial score (nSPS) is 49.9. The van der Waals surface area contributed by atoms with Crippen molar-refractivity contribution in [3.63, 3.8) is 0 Å². The Labute approximate surface area is 186 Å². The largest absolute Gasteiger partial charge is 0.463 e. The van der Waals surface area contributed by atoms with E-state index in [9.17, 15) is 19.8 Å². The SMILES string of the molecule is CC(=O)O[C@@H]1CC[C@@]2(C)[C@H](CC[C@@H]3[C@H]2[C@H](O)C[C@@]2(C)[C@@H]3CC[C@@]2(O)[C@@H](C)OC(C)=O)C1. The lowest BCUT2D eigenvalue weighted by Crippen LogP contribution is -2.63. The minimum absolute atomic E-state index is 0.000671. The van der Waals surface area contributed by atoms with E-state index in [2.05, 4.69) is 13.8 Å². The molecule has 6 heteroatoms. The predicted octanol–water partition coefficient (Wildman–Crippen LogP) is 3.61. The molecule has 0 saturated heterocycles. The number of hydrogen-bond donors (Lipinski definition) is 2. The fraction of sp³-hybridized carbons (Fsp3) is 0.920. The smallest absolute Gasteiger partial charge is 0.302 e. The van der Waals surface area contributed by atoms with Crippen LogP contribution in [0, 0.1) is 34.5 Å². The second kappa shape index (κ2) is 7.72. The maximum atomic E-state index is 11.7. The number of carbonyl (C=O) groups is 2. The van der Waals surface area contributed by atoms with Crippen LogP contribution in [-0.4, -0.2) is 46.1 Å². The second-order valence-electron chi connectivity index (χ2n) is 11.5. The van der Waals surface area contributed by atoms with Crippen LogP contribution < -0.4 is 0 Å². The third-order valence-corrected chi connectivity index (χ3v) is 10.1. The molecule has 4 saturated carbocycles. The lowest BCUT2D eigenvalue weighted by Gasteiger charge is -2.63. The summed E-state index contributed by atoms with van der Waals surface area (Å²) in [5.41, 5.74) is -1.55. The second-order valence-corrected chi connectivity index (χ2v) is 11.5. The Morgan fingerprint density at radius 2 is 1.74 bits per heavy atom. The summed E-state index contributed by atoms with van der Waals surface area (Å²) in [5.74, 6) is 0.745. The summed E-state index contributed by atoms with van der Waals surface area (Å²) in [5, 5.41) is 23.3. The minimum atomic E-state index is -1.11. The van der Waals surface area contributed by atoms with Gasteiger partial charge in [0.1, 0.15) is 17.8 Å². The molecule has 0 amide bonds. The molecule has 0 bridgehead atoms. The Morgan fingerprint density at radius 1 is 1.03 bits per heavy atom. The molecule has 0 unspecified atom stereocenters. The van der Waals surface area contributed by atoms with Crippen molar-refractivity contribution in [3.05, 3.63) is 0 Å². The molecule has 0 aromatic carbocycles. The van der Waals surface area contributed by atoms with E-state index < -0.39 is 23.2 Å². The van der Waals surface area contributed by atoms with Crippen molar-refractivity contribution >= 4 is 11.9 Å². The first kappa shape index (κ1) is 23.0. The third-order valence-electron chi connectivity index (χ3n) is 10.1. The molecule has 4 aliphatic rings. The Hall–Kier alpha value is -1.14. The highest BCUT2D eigenvalue weighted by atomic mass is 16.6. The van der Waals surface area contributed by atoms with Gasteiger partial charge in [0, 0.05) is 19.3 Å². The number of fused-ring (bicyclic) bond motifs is 5. The Morgan fingerprint density at radius 3 is 2.39 bits per heavy atom. The van der Waals surface area contributed by atoms with Crippen molar-refractivity contribution in [1.29, 1.82) is 0 Å². The van der Waals surface area contributed by atoms with E-state index in [1.807, 2.05) is 0 Å². The summed E-state index contributed by atoms with van der Waals surface area (Å²) in [7, 11) is 0. The highest BCUT2D eigenvalue weighted by Crippen LogP contribution is 2.68. The number of aliphatic hydroxyl groups is 2. The molecule has 0 spiro atoms. The molecule has 6 nitrogen and oxygen atoms in total. The summed E-state index contributed by atoms with van der Waals surface area (Å²) >= 11 is 0. The van der Waals surface area contributed by atoms with E-state index in [0.717, 1.165) is 38.5 Å². The summed E-state index contributed by atoms with van der Waals surface area (Å²) in [6.45, 7) is 9.11. The van der Waals surface area contributed by atoms with Crippen LogP contribution in [0.5, 0.6) is 0 Å². The molecule has 4 rings (SSSR count). The minimum Gasteiger partial charge on any atom is -0.463 e. The van der Waals surface area contributed by atoms with Crippen LogP contribution in [0.2, 0.25) is 0 Å². The molecular formula is C25H40O6. The average molecular weight is 437 g/mol. The maximum Gasteiger partial charge on any atom is 0.302 e. The fourth-order valence-corrected chi connectivity index (χ4v) is 8.74. The summed E-state index contributed by atoms with van der Waals surface area (Å²) in [4.78, 5) is 23.0. The van der Waals surface area contributed by atoms with E-state index >= 15 is 0 Å². The molecule has 4 aliphatic carbocycles. The third kappa shape index (κ3) is 3.43. The Kier molecular flexibility index (Phi) is 5.74. The standard InChI is InChI=1S/C25H40O6/c1-14(30-15(2)26)25(29)11-9-20-19-7-6-17-12-18(31-16(3)27)8-10-23(17,4)22(19)21(28)13-24(20,25)5/h14,17-22,28-29H,6-13H2,1-5H3/t14-,17-,18-,19+,20-,21-,22+,23+,24+,25-/m1/s1. The predicted molar refractivity (Wildman–Crippen MR) is 115 cm³/mol. The first-order valence-electron chi connectivity index (χ1n) is 12.2. The number of carbonyl (C=O) groups excluding carboxylic acids is 2. The van der Waals surface area contributed by atoms with E-state index in [1.54, 1.807) is 6.92 Å². The lowest BCUT2D eigenvalue weighted by atomic mass is 9.43. The maximum absolute atomic E-state index is 11.7. The van der Waals surface area contributed by atoms with Gasteiger partial charge in [-0.3, -0.25) is 9.59 Å². The Bertz CT molecular complexity index is 738. The van der Waals surface area contributed by atoms with Gasteiger partial charge in [0.15, 0.2) is 0 Å². The van der Waals surface area contributed by atoms with Crippen LogP contribution in [-0.2, 0) is 19.1 Å². The molecule has 176 valence electrons. The van der Waals surface area contributed by atoms with Gasteiger partial charge in [-0.1, -0.05) is 13.8 Å². The average Bonchev–Trinajstić information content (AvgIpc) is 2.92. The van der Waals surface area contributed by atoms with Crippen LogP contribution in [0.3, 0.4) is 0 Å². The topological polar surface area (TPSA) is 93.1 Å². The van der Waals surface area contributed by atoms with Gasteiger partial charge in [0.2, 0.25) is 0 Å². The van der Waals surface area contributed by atoms with Gasteiger partial charge in [-0.25, -0.2) is 0 Å².